The van der Waals surface area contributed by atoms with Gasteiger partial charge in [-0.25, -0.2) is 0 Å². The van der Waals surface area contributed by atoms with Gasteiger partial charge in [-0.3, -0.25) is 0 Å². The van der Waals surface area contributed by atoms with E-state index in [1.165, 1.54) is 11.3 Å². The zero-order chi connectivity index (χ0) is 10.8. The van der Waals surface area contributed by atoms with Crippen LogP contribution in [0.1, 0.15) is 18.4 Å². The lowest BCUT2D eigenvalue weighted by Crippen LogP contribution is -2.35. The summed E-state index contributed by atoms with van der Waals surface area (Å²) in [5.41, 5.74) is 2.51. The van der Waals surface area contributed by atoms with Gasteiger partial charge in [-0.05, 0) is 37.5 Å². The van der Waals surface area contributed by atoms with Crippen molar-refractivity contribution in [2.45, 2.75) is 25.9 Å². The number of hydrogen-bond acceptors (Lipinski definition) is 2. The monoisotopic (exact) mass is 269 g/mol. The number of aryl methyl sites for hydroxylation is 1. The minimum Gasteiger partial charge on any atom is -0.393 e. The van der Waals surface area contributed by atoms with E-state index in [0.29, 0.717) is 0 Å². The Kier molecular flexibility index (Phi) is 3.32. The van der Waals surface area contributed by atoms with Crippen LogP contribution in [0.2, 0.25) is 0 Å². The molecule has 0 amide bonds. The van der Waals surface area contributed by atoms with Gasteiger partial charge in [0.25, 0.3) is 0 Å². The van der Waals surface area contributed by atoms with Gasteiger partial charge in [0.05, 0.1) is 6.10 Å². The molecule has 1 aliphatic rings. The lowest BCUT2D eigenvalue weighted by molar-refractivity contribution is 0.145. The maximum Gasteiger partial charge on any atom is 0.0574 e. The summed E-state index contributed by atoms with van der Waals surface area (Å²) < 4.78 is 1.16. The van der Waals surface area contributed by atoms with Crippen LogP contribution in [-0.2, 0) is 0 Å². The van der Waals surface area contributed by atoms with Crippen molar-refractivity contribution in [3.63, 3.8) is 0 Å². The summed E-state index contributed by atoms with van der Waals surface area (Å²) in [6, 6.07) is 6.44. The molecule has 0 aromatic heterocycles. The lowest BCUT2D eigenvalue weighted by atomic mass is 10.1. The average molecular weight is 270 g/mol. The van der Waals surface area contributed by atoms with Gasteiger partial charge in [-0.15, -0.1) is 0 Å². The number of anilines is 1. The number of piperidine rings is 1. The number of rotatable bonds is 1. The molecule has 0 radical (unpaired) electrons. The zero-order valence-corrected chi connectivity index (χ0v) is 10.5. The van der Waals surface area contributed by atoms with Gasteiger partial charge in [0, 0.05) is 23.2 Å². The van der Waals surface area contributed by atoms with Crippen LogP contribution in [0.25, 0.3) is 0 Å². The van der Waals surface area contributed by atoms with Crippen LogP contribution >= 0.6 is 15.9 Å². The summed E-state index contributed by atoms with van der Waals surface area (Å²) >= 11 is 3.55. The molecule has 0 bridgehead atoms. The van der Waals surface area contributed by atoms with Crippen molar-refractivity contribution in [3.8, 4) is 0 Å². The van der Waals surface area contributed by atoms with Crippen LogP contribution < -0.4 is 4.90 Å². The molecule has 1 aliphatic heterocycles. The Balaban J connectivity index is 2.12. The van der Waals surface area contributed by atoms with E-state index in [2.05, 4.69) is 46.0 Å². The van der Waals surface area contributed by atoms with Crippen LogP contribution in [0.5, 0.6) is 0 Å². The normalized spacial score (nSPS) is 18.2. The van der Waals surface area contributed by atoms with Crippen molar-refractivity contribution in [1.29, 1.82) is 0 Å². The van der Waals surface area contributed by atoms with Crippen LogP contribution in [0.15, 0.2) is 22.7 Å². The molecule has 2 nitrogen and oxygen atoms in total. The predicted octanol–water partition coefficient (Wildman–Crippen LogP) is 2.72. The fraction of sp³-hybridized carbons (Fsp3) is 0.500. The second-order valence-electron chi connectivity index (χ2n) is 4.15. The number of hydrogen-bond donors (Lipinski definition) is 1. The molecule has 1 fully saturated rings. The Labute approximate surface area is 99.0 Å². The Morgan fingerprint density at radius 2 is 2.00 bits per heavy atom. The molecule has 82 valence electrons. The van der Waals surface area contributed by atoms with Gasteiger partial charge in [0.2, 0.25) is 0 Å². The number of nitrogens with zero attached hydrogens (tertiary/aromatic N) is 1. The van der Waals surface area contributed by atoms with E-state index >= 15 is 0 Å². The van der Waals surface area contributed by atoms with Crippen molar-refractivity contribution in [2.24, 2.45) is 0 Å². The van der Waals surface area contributed by atoms with Crippen LogP contribution in [0.3, 0.4) is 0 Å². The highest BCUT2D eigenvalue weighted by Gasteiger charge is 2.17. The van der Waals surface area contributed by atoms with E-state index in [0.717, 1.165) is 30.4 Å². The Morgan fingerprint density at radius 3 is 2.60 bits per heavy atom. The van der Waals surface area contributed by atoms with Gasteiger partial charge in [0.15, 0.2) is 0 Å². The second kappa shape index (κ2) is 4.54. The highest BCUT2D eigenvalue weighted by molar-refractivity contribution is 9.10. The third-order valence-electron chi connectivity index (χ3n) is 2.99. The topological polar surface area (TPSA) is 23.5 Å². The highest BCUT2D eigenvalue weighted by atomic mass is 79.9. The third-order valence-corrected chi connectivity index (χ3v) is 3.84. The summed E-state index contributed by atoms with van der Waals surface area (Å²) in [4.78, 5) is 2.33. The fourth-order valence-corrected chi connectivity index (χ4v) is 2.27. The Bertz CT molecular complexity index is 345. The molecule has 1 aromatic carbocycles. The maximum absolute atomic E-state index is 9.44. The number of aliphatic hydroxyl groups excluding tert-OH is 1. The summed E-state index contributed by atoms with van der Waals surface area (Å²) in [6.45, 7) is 4.00. The molecule has 0 atom stereocenters. The summed E-state index contributed by atoms with van der Waals surface area (Å²) in [5.74, 6) is 0. The van der Waals surface area contributed by atoms with Gasteiger partial charge >= 0.3 is 0 Å². The average Bonchev–Trinajstić information content (AvgIpc) is 2.23. The van der Waals surface area contributed by atoms with E-state index in [1.807, 2.05) is 0 Å². The third kappa shape index (κ3) is 2.52. The van der Waals surface area contributed by atoms with Gasteiger partial charge < -0.3 is 10.0 Å². The minimum absolute atomic E-state index is 0.102. The molecule has 0 aliphatic carbocycles. The Morgan fingerprint density at radius 1 is 1.33 bits per heavy atom. The minimum atomic E-state index is -0.102. The molecule has 0 spiro atoms. The maximum atomic E-state index is 9.44. The number of halogens is 1. The molecule has 1 saturated heterocycles. The highest BCUT2D eigenvalue weighted by Crippen LogP contribution is 2.25. The first-order valence-corrected chi connectivity index (χ1v) is 6.15. The van der Waals surface area contributed by atoms with E-state index in [9.17, 15) is 5.11 Å². The van der Waals surface area contributed by atoms with Gasteiger partial charge in [0.1, 0.15) is 0 Å². The molecule has 0 unspecified atom stereocenters. The van der Waals surface area contributed by atoms with E-state index in [1.54, 1.807) is 0 Å². The zero-order valence-electron chi connectivity index (χ0n) is 8.91. The van der Waals surface area contributed by atoms with E-state index in [-0.39, 0.29) is 6.10 Å². The molecular formula is C12H16BrNO. The fourth-order valence-electron chi connectivity index (χ4n) is 1.90. The van der Waals surface area contributed by atoms with Gasteiger partial charge in [-0.1, -0.05) is 22.0 Å². The summed E-state index contributed by atoms with van der Waals surface area (Å²) in [5, 5.41) is 9.44. The predicted molar refractivity (Wildman–Crippen MR) is 66.3 cm³/mol. The largest absolute Gasteiger partial charge is 0.393 e. The van der Waals surface area contributed by atoms with Crippen molar-refractivity contribution < 1.29 is 5.11 Å². The quantitative estimate of drug-likeness (QED) is 0.848. The first kappa shape index (κ1) is 11.0. The van der Waals surface area contributed by atoms with Crippen LogP contribution in [-0.4, -0.2) is 24.3 Å². The van der Waals surface area contributed by atoms with E-state index in [4.69, 9.17) is 0 Å². The molecule has 1 N–H and O–H groups in total. The first-order chi connectivity index (χ1) is 7.16. The first-order valence-electron chi connectivity index (χ1n) is 5.36. The lowest BCUT2D eigenvalue weighted by Gasteiger charge is -2.31. The van der Waals surface area contributed by atoms with Gasteiger partial charge in [-0.2, -0.15) is 0 Å². The second-order valence-corrected chi connectivity index (χ2v) is 5.01. The van der Waals surface area contributed by atoms with E-state index < -0.39 is 0 Å². The molecule has 15 heavy (non-hydrogen) atoms. The van der Waals surface area contributed by atoms with Crippen molar-refractivity contribution in [2.75, 3.05) is 18.0 Å². The summed E-state index contributed by atoms with van der Waals surface area (Å²) in [6.07, 6.45) is 1.66. The molecular weight excluding hydrogens is 254 g/mol. The molecule has 1 aromatic rings. The number of benzene rings is 1. The molecule has 1 heterocycles. The van der Waals surface area contributed by atoms with Crippen molar-refractivity contribution in [3.05, 3.63) is 28.2 Å². The Hall–Kier alpha value is -0.540. The van der Waals surface area contributed by atoms with Crippen LogP contribution in [0.4, 0.5) is 5.69 Å². The molecule has 0 saturated carbocycles. The molecule has 2 rings (SSSR count). The van der Waals surface area contributed by atoms with Crippen LogP contribution in [0, 0.1) is 6.92 Å². The van der Waals surface area contributed by atoms with Crippen molar-refractivity contribution in [1.82, 2.24) is 0 Å². The SMILES string of the molecule is Cc1ccc(N2CCC(O)CC2)cc1Br. The smallest absolute Gasteiger partial charge is 0.0574 e. The summed E-state index contributed by atoms with van der Waals surface area (Å²) in [7, 11) is 0. The van der Waals surface area contributed by atoms with Crippen molar-refractivity contribution >= 4 is 21.6 Å². The standard InChI is InChI=1S/C12H16BrNO/c1-9-2-3-10(8-12(9)13)14-6-4-11(15)5-7-14/h2-3,8,11,15H,4-7H2,1H3. The number of aliphatic hydroxyl groups is 1. The molecule has 3 heteroatoms.